The first kappa shape index (κ1) is 47.4. The summed E-state index contributed by atoms with van der Waals surface area (Å²) in [5.74, 6) is 1.05. The van der Waals surface area contributed by atoms with E-state index >= 15 is 0 Å². The Bertz CT molecular complexity index is 622. The molecule has 0 spiro atoms. The van der Waals surface area contributed by atoms with E-state index in [2.05, 4.69) is 39.5 Å². The Morgan fingerprint density at radius 1 is 0.396 bits per heavy atom. The third-order valence-corrected chi connectivity index (χ3v) is 10.7. The Morgan fingerprint density at radius 2 is 0.771 bits per heavy atom. The molecule has 0 aliphatic rings. The quantitative estimate of drug-likeness (QED) is 0.0477. The highest BCUT2D eigenvalue weighted by atomic mass is 16.5. The SMILES string of the molecule is CCCCCCCCC(CCC)OC(=O)CCCCCCCN(CCCC)CCCCCCCC(CCCCCC)CCCCCCC. The van der Waals surface area contributed by atoms with E-state index in [9.17, 15) is 4.79 Å². The molecule has 0 amide bonds. The molecule has 0 fully saturated rings. The number of unbranched alkanes of at least 4 members (excludes halogenated alkanes) is 21. The number of carbonyl (C=O) groups excluding carboxylic acids is 1. The highest BCUT2D eigenvalue weighted by Crippen LogP contribution is 2.24. The first-order valence-electron chi connectivity index (χ1n) is 22.5. The molecule has 0 radical (unpaired) electrons. The average Bonchev–Trinajstić information content (AvgIpc) is 3.08. The monoisotopic (exact) mass is 678 g/mol. The van der Waals surface area contributed by atoms with Crippen LogP contribution in [0.25, 0.3) is 0 Å². The predicted octanol–water partition coefficient (Wildman–Crippen LogP) is 15.2. The second-order valence-electron chi connectivity index (χ2n) is 15.6. The molecule has 0 N–H and O–H groups in total. The fourth-order valence-corrected chi connectivity index (χ4v) is 7.46. The molecule has 0 saturated heterocycles. The fourth-order valence-electron chi connectivity index (χ4n) is 7.46. The third kappa shape index (κ3) is 33.9. The molecule has 288 valence electrons. The standard InChI is InChI=1S/C45H91NO2/c1-6-11-15-18-23-30-38-44(34-10-5)48-45(47)39-31-24-20-26-33-42-46(40-14-9-4)41-32-25-19-22-29-37-43(35-27-17-13-8-3)36-28-21-16-12-7-2/h43-44H,6-42H2,1-5H3. The molecule has 0 rings (SSSR count). The molecule has 0 aromatic heterocycles. The zero-order valence-corrected chi connectivity index (χ0v) is 34.1. The summed E-state index contributed by atoms with van der Waals surface area (Å²) in [6.07, 6.45) is 44.9. The van der Waals surface area contributed by atoms with Crippen molar-refractivity contribution in [2.45, 2.75) is 259 Å². The first-order valence-corrected chi connectivity index (χ1v) is 22.5. The number of ether oxygens (including phenoxy) is 1. The van der Waals surface area contributed by atoms with E-state index in [-0.39, 0.29) is 12.1 Å². The molecule has 0 aromatic rings. The van der Waals surface area contributed by atoms with Crippen LogP contribution in [0, 0.1) is 5.92 Å². The lowest BCUT2D eigenvalue weighted by molar-refractivity contribution is -0.150. The molecule has 48 heavy (non-hydrogen) atoms. The Labute approximate surface area is 304 Å². The number of hydrogen-bond donors (Lipinski definition) is 0. The van der Waals surface area contributed by atoms with Gasteiger partial charge in [0.05, 0.1) is 0 Å². The molecule has 0 aliphatic heterocycles. The van der Waals surface area contributed by atoms with Crippen molar-refractivity contribution in [3.05, 3.63) is 0 Å². The number of hydrogen-bond acceptors (Lipinski definition) is 3. The van der Waals surface area contributed by atoms with E-state index in [1.807, 2.05) is 0 Å². The molecular formula is C45H91NO2. The first-order chi connectivity index (χ1) is 23.6. The minimum Gasteiger partial charge on any atom is -0.462 e. The normalized spacial score (nSPS) is 13.0. The van der Waals surface area contributed by atoms with Crippen LogP contribution >= 0.6 is 0 Å². The molecule has 2 atom stereocenters. The van der Waals surface area contributed by atoms with E-state index < -0.39 is 0 Å². The lowest BCUT2D eigenvalue weighted by atomic mass is 9.89. The summed E-state index contributed by atoms with van der Waals surface area (Å²) in [4.78, 5) is 15.2. The van der Waals surface area contributed by atoms with Crippen molar-refractivity contribution in [3.8, 4) is 0 Å². The van der Waals surface area contributed by atoms with Gasteiger partial charge in [0.15, 0.2) is 0 Å². The summed E-state index contributed by atoms with van der Waals surface area (Å²) < 4.78 is 5.89. The molecule has 3 heteroatoms. The van der Waals surface area contributed by atoms with Gasteiger partial charge in [-0.25, -0.2) is 0 Å². The Hall–Kier alpha value is -0.570. The van der Waals surface area contributed by atoms with Crippen LogP contribution in [0.2, 0.25) is 0 Å². The third-order valence-electron chi connectivity index (χ3n) is 10.7. The van der Waals surface area contributed by atoms with E-state index in [1.54, 1.807) is 0 Å². The van der Waals surface area contributed by atoms with Crippen LogP contribution in [-0.2, 0) is 9.53 Å². The Kier molecular flexibility index (Phi) is 38.8. The molecule has 3 nitrogen and oxygen atoms in total. The topological polar surface area (TPSA) is 29.5 Å². The van der Waals surface area contributed by atoms with Gasteiger partial charge in [-0.2, -0.15) is 0 Å². The summed E-state index contributed by atoms with van der Waals surface area (Å²) in [5, 5.41) is 0. The highest BCUT2D eigenvalue weighted by molar-refractivity contribution is 5.69. The maximum absolute atomic E-state index is 12.5. The van der Waals surface area contributed by atoms with Crippen molar-refractivity contribution >= 4 is 5.97 Å². The summed E-state index contributed by atoms with van der Waals surface area (Å²) in [7, 11) is 0. The molecule has 0 aromatic carbocycles. The van der Waals surface area contributed by atoms with Crippen molar-refractivity contribution in [2.24, 2.45) is 5.92 Å². The van der Waals surface area contributed by atoms with Crippen molar-refractivity contribution in [2.75, 3.05) is 19.6 Å². The van der Waals surface area contributed by atoms with Crippen LogP contribution < -0.4 is 0 Å². The van der Waals surface area contributed by atoms with Gasteiger partial charge in [-0.05, 0) is 70.5 Å². The average molecular weight is 678 g/mol. The second-order valence-corrected chi connectivity index (χ2v) is 15.6. The summed E-state index contributed by atoms with van der Waals surface area (Å²) in [6.45, 7) is 15.3. The molecule has 0 heterocycles. The van der Waals surface area contributed by atoms with E-state index in [0.717, 1.165) is 31.6 Å². The lowest BCUT2D eigenvalue weighted by Gasteiger charge is -2.22. The zero-order chi connectivity index (χ0) is 35.2. The van der Waals surface area contributed by atoms with Crippen molar-refractivity contribution in [3.63, 3.8) is 0 Å². The maximum Gasteiger partial charge on any atom is 0.306 e. The van der Waals surface area contributed by atoms with Crippen molar-refractivity contribution in [1.29, 1.82) is 0 Å². The minimum absolute atomic E-state index is 0.0465. The van der Waals surface area contributed by atoms with Crippen LogP contribution in [0.4, 0.5) is 0 Å². The van der Waals surface area contributed by atoms with Crippen LogP contribution in [0.3, 0.4) is 0 Å². The number of carbonyl (C=O) groups is 1. The highest BCUT2D eigenvalue weighted by Gasteiger charge is 2.14. The second kappa shape index (κ2) is 39.2. The Balaban J connectivity index is 4.07. The zero-order valence-electron chi connectivity index (χ0n) is 34.1. The smallest absolute Gasteiger partial charge is 0.306 e. The van der Waals surface area contributed by atoms with Crippen LogP contribution in [0.1, 0.15) is 253 Å². The van der Waals surface area contributed by atoms with Crippen molar-refractivity contribution in [1.82, 2.24) is 4.90 Å². The number of nitrogens with zero attached hydrogens (tertiary/aromatic N) is 1. The molecule has 2 unspecified atom stereocenters. The largest absolute Gasteiger partial charge is 0.462 e. The van der Waals surface area contributed by atoms with Gasteiger partial charge in [0, 0.05) is 6.42 Å². The van der Waals surface area contributed by atoms with Gasteiger partial charge in [0.1, 0.15) is 6.10 Å². The summed E-state index contributed by atoms with van der Waals surface area (Å²) >= 11 is 0. The number of rotatable bonds is 40. The molecule has 0 bridgehead atoms. The molecule has 0 saturated carbocycles. The van der Waals surface area contributed by atoms with Crippen LogP contribution in [0.15, 0.2) is 0 Å². The van der Waals surface area contributed by atoms with Crippen molar-refractivity contribution < 1.29 is 9.53 Å². The van der Waals surface area contributed by atoms with E-state index in [4.69, 9.17) is 4.74 Å². The molecule has 0 aliphatic carbocycles. The van der Waals surface area contributed by atoms with Gasteiger partial charge < -0.3 is 9.64 Å². The minimum atomic E-state index is 0.0465. The number of esters is 1. The lowest BCUT2D eigenvalue weighted by Crippen LogP contribution is -2.27. The van der Waals surface area contributed by atoms with Gasteiger partial charge in [0.2, 0.25) is 0 Å². The van der Waals surface area contributed by atoms with Gasteiger partial charge in [-0.15, -0.1) is 0 Å². The predicted molar refractivity (Wildman–Crippen MR) is 215 cm³/mol. The van der Waals surface area contributed by atoms with Gasteiger partial charge in [0.25, 0.3) is 0 Å². The van der Waals surface area contributed by atoms with Gasteiger partial charge >= 0.3 is 5.97 Å². The van der Waals surface area contributed by atoms with Gasteiger partial charge in [-0.1, -0.05) is 202 Å². The van der Waals surface area contributed by atoms with E-state index in [1.165, 1.54) is 206 Å². The maximum atomic E-state index is 12.5. The van der Waals surface area contributed by atoms with Crippen LogP contribution in [-0.4, -0.2) is 36.6 Å². The summed E-state index contributed by atoms with van der Waals surface area (Å²) in [6, 6.07) is 0. The fraction of sp³-hybridized carbons (Fsp3) is 0.978. The van der Waals surface area contributed by atoms with Gasteiger partial charge in [-0.3, -0.25) is 4.79 Å². The summed E-state index contributed by atoms with van der Waals surface area (Å²) in [5.41, 5.74) is 0. The molecular weight excluding hydrogens is 587 g/mol. The van der Waals surface area contributed by atoms with Crippen LogP contribution in [0.5, 0.6) is 0 Å². The Morgan fingerprint density at radius 3 is 1.25 bits per heavy atom. The van der Waals surface area contributed by atoms with E-state index in [0.29, 0.717) is 6.42 Å².